The van der Waals surface area contributed by atoms with Crippen molar-refractivity contribution in [2.45, 2.75) is 31.7 Å². The largest absolute Gasteiger partial charge is 0.454 e. The predicted molar refractivity (Wildman–Crippen MR) is 115 cm³/mol. The molecule has 0 radical (unpaired) electrons. The summed E-state index contributed by atoms with van der Waals surface area (Å²) in [4.78, 5) is 12.8. The molecule has 1 N–H and O–H groups in total. The van der Waals surface area contributed by atoms with Crippen molar-refractivity contribution in [1.29, 1.82) is 0 Å². The van der Waals surface area contributed by atoms with Gasteiger partial charge in [-0.25, -0.2) is 0 Å². The number of hydrogen-bond acceptors (Lipinski definition) is 8. The fraction of sp³-hybridized carbons (Fsp3) is 0.350. The van der Waals surface area contributed by atoms with Crippen LogP contribution < -0.4 is 14.8 Å². The van der Waals surface area contributed by atoms with Crippen LogP contribution in [0.3, 0.4) is 0 Å². The molecule has 0 unspecified atom stereocenters. The van der Waals surface area contributed by atoms with Crippen molar-refractivity contribution in [2.75, 3.05) is 24.4 Å². The lowest BCUT2D eigenvalue weighted by molar-refractivity contribution is 0.102. The van der Waals surface area contributed by atoms with Gasteiger partial charge >= 0.3 is 0 Å². The first-order chi connectivity index (χ1) is 14.0. The Hall–Kier alpha value is -2.52. The first kappa shape index (κ1) is 19.8. The van der Waals surface area contributed by atoms with E-state index >= 15 is 0 Å². The monoisotopic (exact) mass is 430 g/mol. The molecular weight excluding hydrogens is 408 g/mol. The molecule has 0 spiro atoms. The maximum absolute atomic E-state index is 12.8. The van der Waals surface area contributed by atoms with Crippen LogP contribution in [0.5, 0.6) is 11.5 Å². The number of hydrogen-bond donors (Lipinski definition) is 1. The van der Waals surface area contributed by atoms with E-state index in [2.05, 4.69) is 20.1 Å². The van der Waals surface area contributed by atoms with Crippen LogP contribution >= 0.6 is 23.1 Å². The van der Waals surface area contributed by atoms with E-state index in [4.69, 9.17) is 9.47 Å². The number of carbonyl (C=O) groups excluding carboxylic acids is 1. The van der Waals surface area contributed by atoms with Gasteiger partial charge < -0.3 is 19.4 Å². The van der Waals surface area contributed by atoms with Crippen molar-refractivity contribution >= 4 is 34.0 Å². The van der Waals surface area contributed by atoms with Gasteiger partial charge in [0.1, 0.15) is 0 Å². The number of thioether (sulfide) groups is 1. The van der Waals surface area contributed by atoms with Gasteiger partial charge in [-0.2, -0.15) is 0 Å². The first-order valence-electron chi connectivity index (χ1n) is 9.33. The number of ketones is 1. The summed E-state index contributed by atoms with van der Waals surface area (Å²) in [5, 5.41) is 12.1. The summed E-state index contributed by atoms with van der Waals surface area (Å²) in [5.74, 6) is 1.98. The molecule has 0 aliphatic carbocycles. The molecule has 0 fully saturated rings. The minimum Gasteiger partial charge on any atom is -0.454 e. The highest BCUT2D eigenvalue weighted by atomic mass is 32.2. The third kappa shape index (κ3) is 4.25. The topological polar surface area (TPSA) is 78.3 Å². The van der Waals surface area contributed by atoms with Gasteiger partial charge in [0, 0.05) is 30.0 Å². The van der Waals surface area contributed by atoms with Crippen molar-refractivity contribution in [3.8, 4) is 11.5 Å². The molecule has 0 amide bonds. The molecule has 1 aromatic carbocycles. The smallest absolute Gasteiger partial charge is 0.231 e. The van der Waals surface area contributed by atoms with E-state index in [1.54, 1.807) is 0 Å². The number of rotatable bonds is 8. The Morgan fingerprint density at radius 2 is 2.07 bits per heavy atom. The minimum atomic E-state index is 0.0974. The molecule has 7 nitrogen and oxygen atoms in total. The molecule has 0 atom stereocenters. The van der Waals surface area contributed by atoms with Gasteiger partial charge in [0.2, 0.25) is 11.9 Å². The molecule has 2 aromatic heterocycles. The molecule has 152 valence electrons. The van der Waals surface area contributed by atoms with Crippen LogP contribution in [0, 0.1) is 13.8 Å². The van der Waals surface area contributed by atoms with Crippen molar-refractivity contribution in [3.63, 3.8) is 0 Å². The average Bonchev–Trinajstić information content (AvgIpc) is 3.42. The highest BCUT2D eigenvalue weighted by molar-refractivity contribution is 8.01. The zero-order valence-corrected chi connectivity index (χ0v) is 18.2. The van der Waals surface area contributed by atoms with E-state index in [0.29, 0.717) is 12.3 Å². The second-order valence-corrected chi connectivity index (χ2v) is 8.87. The van der Waals surface area contributed by atoms with Crippen LogP contribution in [0.4, 0.5) is 5.13 Å². The average molecular weight is 431 g/mol. The van der Waals surface area contributed by atoms with Crippen LogP contribution in [0.1, 0.15) is 34.2 Å². The number of ether oxygens (including phenoxy) is 2. The third-order valence-corrected chi connectivity index (χ3v) is 6.73. The molecule has 1 aliphatic rings. The summed E-state index contributed by atoms with van der Waals surface area (Å²) in [7, 11) is 0. The maximum Gasteiger partial charge on any atom is 0.231 e. The summed E-state index contributed by atoms with van der Waals surface area (Å²) >= 11 is 2.90. The maximum atomic E-state index is 12.8. The van der Waals surface area contributed by atoms with Gasteiger partial charge in [-0.3, -0.25) is 4.79 Å². The van der Waals surface area contributed by atoms with Crippen LogP contribution in [0.15, 0.2) is 28.6 Å². The first-order valence-corrected chi connectivity index (χ1v) is 11.1. The quantitative estimate of drug-likeness (QED) is 0.425. The summed E-state index contributed by atoms with van der Waals surface area (Å²) in [6.45, 7) is 7.77. The van der Waals surface area contributed by atoms with E-state index < -0.39 is 0 Å². The van der Waals surface area contributed by atoms with Gasteiger partial charge in [-0.15, -0.1) is 10.2 Å². The van der Waals surface area contributed by atoms with Gasteiger partial charge in [-0.1, -0.05) is 29.2 Å². The Morgan fingerprint density at radius 3 is 2.90 bits per heavy atom. The second kappa shape index (κ2) is 8.46. The summed E-state index contributed by atoms with van der Waals surface area (Å²) in [6, 6.07) is 7.92. The molecule has 3 aromatic rings. The summed E-state index contributed by atoms with van der Waals surface area (Å²) in [5.41, 5.74) is 3.89. The molecule has 1 aliphatic heterocycles. The van der Waals surface area contributed by atoms with Gasteiger partial charge in [0.15, 0.2) is 21.6 Å². The highest BCUT2D eigenvalue weighted by Gasteiger charge is 2.18. The molecule has 29 heavy (non-hydrogen) atoms. The van der Waals surface area contributed by atoms with E-state index in [0.717, 1.165) is 50.0 Å². The lowest BCUT2D eigenvalue weighted by Gasteiger charge is -2.10. The molecule has 4 rings (SSSR count). The fourth-order valence-electron chi connectivity index (χ4n) is 3.24. The Kier molecular flexibility index (Phi) is 5.77. The molecule has 0 bridgehead atoms. The number of aryl methyl sites for hydroxylation is 1. The Bertz CT molecular complexity index is 1040. The highest BCUT2D eigenvalue weighted by Crippen LogP contribution is 2.33. The predicted octanol–water partition coefficient (Wildman–Crippen LogP) is 4.14. The number of fused-ring (bicyclic) bond motifs is 1. The van der Waals surface area contributed by atoms with Gasteiger partial charge in [0.25, 0.3) is 0 Å². The molecule has 3 heterocycles. The number of benzene rings is 1. The van der Waals surface area contributed by atoms with Crippen molar-refractivity contribution in [1.82, 2.24) is 14.8 Å². The number of nitrogens with zero attached hydrogens (tertiary/aromatic N) is 3. The van der Waals surface area contributed by atoms with Gasteiger partial charge in [-0.05, 0) is 44.5 Å². The van der Waals surface area contributed by atoms with Crippen LogP contribution in [0.25, 0.3) is 0 Å². The number of Topliss-reactive ketones (excluding diaryl/α,β-unsaturated/α-hetero) is 1. The zero-order chi connectivity index (χ0) is 20.4. The standard InChI is InChI=1S/C20H22N4O3S2/c1-4-21-19-22-23-20(29-19)28-10-16(25)15-7-12(2)24(13(15)3)9-14-5-6-17-18(8-14)27-11-26-17/h5-8H,4,9-11H2,1-3H3,(H,21,22). The summed E-state index contributed by atoms with van der Waals surface area (Å²) < 4.78 is 13.8. The van der Waals surface area contributed by atoms with Crippen LogP contribution in [0.2, 0.25) is 0 Å². The third-order valence-electron chi connectivity index (χ3n) is 4.71. The second-order valence-electron chi connectivity index (χ2n) is 6.67. The normalized spacial score (nSPS) is 12.4. The summed E-state index contributed by atoms with van der Waals surface area (Å²) in [6.07, 6.45) is 0. The van der Waals surface area contributed by atoms with Crippen molar-refractivity contribution in [2.24, 2.45) is 0 Å². The lowest BCUT2D eigenvalue weighted by atomic mass is 10.1. The van der Waals surface area contributed by atoms with E-state index in [1.165, 1.54) is 23.1 Å². The number of aromatic nitrogens is 3. The molecule has 0 saturated carbocycles. The Balaban J connectivity index is 1.45. The minimum absolute atomic E-state index is 0.0974. The van der Waals surface area contributed by atoms with Crippen molar-refractivity contribution < 1.29 is 14.3 Å². The van der Waals surface area contributed by atoms with Crippen molar-refractivity contribution in [3.05, 3.63) is 46.8 Å². The molecular formula is C20H22N4O3S2. The van der Waals surface area contributed by atoms with Crippen LogP contribution in [-0.4, -0.2) is 39.6 Å². The van der Waals surface area contributed by atoms with E-state index in [1.807, 2.05) is 45.0 Å². The molecule has 9 heteroatoms. The number of carbonyl (C=O) groups is 1. The van der Waals surface area contributed by atoms with E-state index in [9.17, 15) is 4.79 Å². The van der Waals surface area contributed by atoms with Crippen LogP contribution in [-0.2, 0) is 6.54 Å². The lowest BCUT2D eigenvalue weighted by Crippen LogP contribution is -2.07. The van der Waals surface area contributed by atoms with Gasteiger partial charge in [0.05, 0.1) is 5.75 Å². The van der Waals surface area contributed by atoms with E-state index in [-0.39, 0.29) is 12.6 Å². The zero-order valence-electron chi connectivity index (χ0n) is 16.5. The number of anilines is 1. The fourth-order valence-corrected chi connectivity index (χ4v) is 4.95. The Labute approximate surface area is 177 Å². The Morgan fingerprint density at radius 1 is 1.24 bits per heavy atom. The number of nitrogens with one attached hydrogen (secondary N) is 1. The molecule has 0 saturated heterocycles. The SMILES string of the molecule is CCNc1nnc(SCC(=O)c2cc(C)n(Cc3ccc4c(c3)OCO4)c2C)s1.